The molecule has 0 radical (unpaired) electrons. The van der Waals surface area contributed by atoms with E-state index in [-0.39, 0.29) is 11.6 Å². The van der Waals surface area contributed by atoms with Crippen molar-refractivity contribution in [1.29, 1.82) is 0 Å². The van der Waals surface area contributed by atoms with E-state index in [0.717, 1.165) is 37.0 Å². The standard InChI is InChI=1S/C16H27N7O/c1-16(2,3)23-14(17-11-18-23)9-22-8-6-5-7-12(22)15-19-13(10-24-4)20-21-15/h11-12H,5-10H2,1-4H3,(H,19,20,21)/t12-/m1/s1. The summed E-state index contributed by atoms with van der Waals surface area (Å²) in [6.07, 6.45) is 5.09. The van der Waals surface area contributed by atoms with Gasteiger partial charge in [-0.15, -0.1) is 0 Å². The lowest BCUT2D eigenvalue weighted by Crippen LogP contribution is -2.36. The Balaban J connectivity index is 1.79. The monoisotopic (exact) mass is 333 g/mol. The van der Waals surface area contributed by atoms with E-state index >= 15 is 0 Å². The van der Waals surface area contributed by atoms with E-state index in [0.29, 0.717) is 6.61 Å². The van der Waals surface area contributed by atoms with Crippen LogP contribution in [0.1, 0.15) is 63.5 Å². The molecule has 1 N–H and O–H groups in total. The van der Waals surface area contributed by atoms with Gasteiger partial charge in [0.1, 0.15) is 18.8 Å². The Bertz CT molecular complexity index is 657. The zero-order valence-corrected chi connectivity index (χ0v) is 15.0. The highest BCUT2D eigenvalue weighted by Gasteiger charge is 2.29. The summed E-state index contributed by atoms with van der Waals surface area (Å²) in [4.78, 5) is 11.5. The predicted octanol–water partition coefficient (Wildman–Crippen LogP) is 2.02. The molecule has 2 aromatic rings. The SMILES string of the molecule is COCc1nc([C@H]2CCCCN2Cc2ncnn2C(C)(C)C)n[nH]1. The van der Waals surface area contributed by atoms with E-state index in [2.05, 4.69) is 50.9 Å². The molecule has 1 atom stereocenters. The second-order valence-electron chi connectivity index (χ2n) is 7.31. The summed E-state index contributed by atoms with van der Waals surface area (Å²) < 4.78 is 7.13. The van der Waals surface area contributed by atoms with Gasteiger partial charge in [0.25, 0.3) is 0 Å². The summed E-state index contributed by atoms with van der Waals surface area (Å²) >= 11 is 0. The average Bonchev–Trinajstić information content (AvgIpc) is 3.17. The summed E-state index contributed by atoms with van der Waals surface area (Å²) in [6.45, 7) is 8.67. The van der Waals surface area contributed by atoms with Gasteiger partial charge in [0.2, 0.25) is 0 Å². The van der Waals surface area contributed by atoms with Crippen molar-refractivity contribution in [2.24, 2.45) is 0 Å². The minimum atomic E-state index is -0.0761. The lowest BCUT2D eigenvalue weighted by molar-refractivity contribution is 0.125. The Kier molecular flexibility index (Phi) is 4.96. The molecule has 1 saturated heterocycles. The third kappa shape index (κ3) is 3.64. The number of H-pyrrole nitrogens is 1. The highest BCUT2D eigenvalue weighted by molar-refractivity contribution is 5.00. The number of likely N-dealkylation sites (tertiary alicyclic amines) is 1. The summed E-state index contributed by atoms with van der Waals surface area (Å²) in [7, 11) is 1.66. The molecule has 3 rings (SSSR count). The Labute approximate surface area is 142 Å². The minimum absolute atomic E-state index is 0.0761. The van der Waals surface area contributed by atoms with Crippen molar-refractivity contribution in [1.82, 2.24) is 34.8 Å². The molecule has 2 aromatic heterocycles. The topological polar surface area (TPSA) is 84.8 Å². The molecule has 0 amide bonds. The summed E-state index contributed by atoms with van der Waals surface area (Å²) in [5, 5.41) is 11.8. The maximum atomic E-state index is 5.12. The third-order valence-corrected chi connectivity index (χ3v) is 4.34. The zero-order valence-electron chi connectivity index (χ0n) is 15.0. The molecule has 0 aliphatic carbocycles. The molecule has 1 aliphatic rings. The van der Waals surface area contributed by atoms with E-state index in [1.54, 1.807) is 13.4 Å². The third-order valence-electron chi connectivity index (χ3n) is 4.34. The van der Waals surface area contributed by atoms with Crippen LogP contribution in [0.4, 0.5) is 0 Å². The molecule has 1 aliphatic heterocycles. The number of aromatic nitrogens is 6. The maximum absolute atomic E-state index is 5.12. The normalized spacial score (nSPS) is 19.8. The van der Waals surface area contributed by atoms with Crippen LogP contribution in [0.5, 0.6) is 0 Å². The Morgan fingerprint density at radius 3 is 2.92 bits per heavy atom. The first-order chi connectivity index (χ1) is 11.5. The average molecular weight is 333 g/mol. The first-order valence-electron chi connectivity index (χ1n) is 8.52. The van der Waals surface area contributed by atoms with Gasteiger partial charge in [-0.3, -0.25) is 10.00 Å². The van der Waals surface area contributed by atoms with Crippen molar-refractivity contribution < 1.29 is 4.74 Å². The quantitative estimate of drug-likeness (QED) is 0.901. The molecule has 0 aromatic carbocycles. The van der Waals surface area contributed by atoms with Crippen LogP contribution in [-0.4, -0.2) is 48.5 Å². The second-order valence-corrected chi connectivity index (χ2v) is 7.31. The lowest BCUT2D eigenvalue weighted by Gasteiger charge is -2.34. The number of hydrogen-bond acceptors (Lipinski definition) is 6. The van der Waals surface area contributed by atoms with E-state index in [4.69, 9.17) is 4.74 Å². The van der Waals surface area contributed by atoms with Crippen LogP contribution in [0, 0.1) is 0 Å². The second kappa shape index (κ2) is 6.98. The van der Waals surface area contributed by atoms with Crippen molar-refractivity contribution in [3.05, 3.63) is 23.8 Å². The zero-order chi connectivity index (χ0) is 17.2. The van der Waals surface area contributed by atoms with Gasteiger partial charge in [-0.2, -0.15) is 10.2 Å². The van der Waals surface area contributed by atoms with Gasteiger partial charge in [0, 0.05) is 7.11 Å². The largest absolute Gasteiger partial charge is 0.377 e. The Hall–Kier alpha value is -1.80. The smallest absolute Gasteiger partial charge is 0.167 e. The van der Waals surface area contributed by atoms with Crippen molar-refractivity contribution in [3.8, 4) is 0 Å². The number of methoxy groups -OCH3 is 1. The van der Waals surface area contributed by atoms with Gasteiger partial charge in [-0.1, -0.05) is 6.42 Å². The molecule has 8 heteroatoms. The number of piperidine rings is 1. The first-order valence-corrected chi connectivity index (χ1v) is 8.52. The molecule has 0 unspecified atom stereocenters. The molecule has 24 heavy (non-hydrogen) atoms. The van der Waals surface area contributed by atoms with Crippen LogP contribution in [0.25, 0.3) is 0 Å². The summed E-state index contributed by atoms with van der Waals surface area (Å²) in [5.41, 5.74) is -0.0761. The van der Waals surface area contributed by atoms with Crippen molar-refractivity contribution >= 4 is 0 Å². The number of rotatable bonds is 5. The van der Waals surface area contributed by atoms with Gasteiger partial charge in [-0.05, 0) is 40.2 Å². The van der Waals surface area contributed by atoms with Gasteiger partial charge in [0.05, 0.1) is 18.1 Å². The van der Waals surface area contributed by atoms with Gasteiger partial charge in [0.15, 0.2) is 11.6 Å². The van der Waals surface area contributed by atoms with E-state index < -0.39 is 0 Å². The van der Waals surface area contributed by atoms with Crippen LogP contribution in [0.2, 0.25) is 0 Å². The number of nitrogens with one attached hydrogen (secondary N) is 1. The van der Waals surface area contributed by atoms with E-state index in [1.807, 2.05) is 4.68 Å². The molecule has 0 spiro atoms. The number of nitrogens with zero attached hydrogens (tertiary/aromatic N) is 6. The van der Waals surface area contributed by atoms with E-state index in [9.17, 15) is 0 Å². The van der Waals surface area contributed by atoms with Crippen molar-refractivity contribution in [2.75, 3.05) is 13.7 Å². The lowest BCUT2D eigenvalue weighted by atomic mass is 10.0. The summed E-state index contributed by atoms with van der Waals surface area (Å²) in [5.74, 6) is 2.61. The number of hydrogen-bond donors (Lipinski definition) is 1. The van der Waals surface area contributed by atoms with Crippen molar-refractivity contribution in [3.63, 3.8) is 0 Å². The van der Waals surface area contributed by atoms with Crippen LogP contribution in [0.3, 0.4) is 0 Å². The molecule has 1 fully saturated rings. The van der Waals surface area contributed by atoms with Crippen LogP contribution in [0.15, 0.2) is 6.33 Å². The molecule has 3 heterocycles. The Morgan fingerprint density at radius 2 is 2.17 bits per heavy atom. The molecule has 8 nitrogen and oxygen atoms in total. The minimum Gasteiger partial charge on any atom is -0.377 e. The Morgan fingerprint density at radius 1 is 1.33 bits per heavy atom. The molecular weight excluding hydrogens is 306 g/mol. The molecular formula is C16H27N7O. The van der Waals surface area contributed by atoms with Crippen LogP contribution >= 0.6 is 0 Å². The molecule has 0 bridgehead atoms. The maximum Gasteiger partial charge on any atom is 0.167 e. The number of ether oxygens (including phenoxy) is 1. The highest BCUT2D eigenvalue weighted by Crippen LogP contribution is 2.30. The van der Waals surface area contributed by atoms with Crippen molar-refractivity contribution in [2.45, 2.75) is 64.8 Å². The number of aromatic amines is 1. The van der Waals surface area contributed by atoms with Gasteiger partial charge < -0.3 is 4.74 Å². The predicted molar refractivity (Wildman–Crippen MR) is 89.1 cm³/mol. The van der Waals surface area contributed by atoms with Crippen LogP contribution in [-0.2, 0) is 23.4 Å². The molecule has 132 valence electrons. The summed E-state index contributed by atoms with van der Waals surface area (Å²) in [6, 6.07) is 0.214. The van der Waals surface area contributed by atoms with Gasteiger partial charge >= 0.3 is 0 Å². The highest BCUT2D eigenvalue weighted by atomic mass is 16.5. The fourth-order valence-corrected chi connectivity index (χ4v) is 3.25. The first kappa shape index (κ1) is 17.0. The fourth-order valence-electron chi connectivity index (χ4n) is 3.25. The van der Waals surface area contributed by atoms with Crippen LogP contribution < -0.4 is 0 Å². The van der Waals surface area contributed by atoms with E-state index in [1.165, 1.54) is 12.8 Å². The fraction of sp³-hybridized carbons (Fsp3) is 0.750. The molecule has 0 saturated carbocycles. The van der Waals surface area contributed by atoms with Gasteiger partial charge in [-0.25, -0.2) is 14.6 Å².